The van der Waals surface area contributed by atoms with Crippen molar-refractivity contribution >= 4 is 5.91 Å². The summed E-state index contributed by atoms with van der Waals surface area (Å²) < 4.78 is 5.42. The van der Waals surface area contributed by atoms with Gasteiger partial charge in [-0.25, -0.2) is 0 Å². The molecule has 184 valence electrons. The van der Waals surface area contributed by atoms with Crippen molar-refractivity contribution in [2.45, 2.75) is 31.3 Å². The van der Waals surface area contributed by atoms with Gasteiger partial charge >= 0.3 is 0 Å². The molecule has 0 saturated carbocycles. The second-order valence-corrected chi connectivity index (χ2v) is 9.01. The first-order valence-electron chi connectivity index (χ1n) is 12.5. The van der Waals surface area contributed by atoms with Gasteiger partial charge in [0.1, 0.15) is 5.75 Å². The summed E-state index contributed by atoms with van der Waals surface area (Å²) in [5.41, 5.74) is 3.92. The van der Waals surface area contributed by atoms with Gasteiger partial charge in [0.25, 0.3) is 0 Å². The molecule has 4 aromatic rings. The van der Waals surface area contributed by atoms with Crippen LogP contribution in [-0.2, 0) is 16.8 Å². The van der Waals surface area contributed by atoms with Crippen LogP contribution in [0, 0.1) is 0 Å². The van der Waals surface area contributed by atoms with Crippen LogP contribution >= 0.6 is 0 Å². The molecule has 0 aliphatic rings. The lowest BCUT2D eigenvalue weighted by Gasteiger charge is -2.39. The van der Waals surface area contributed by atoms with Crippen molar-refractivity contribution in [2.75, 3.05) is 13.7 Å². The maximum atomic E-state index is 12.7. The van der Waals surface area contributed by atoms with Gasteiger partial charge in [-0.1, -0.05) is 109 Å². The Morgan fingerprint density at radius 1 is 0.750 bits per heavy atom. The van der Waals surface area contributed by atoms with E-state index >= 15 is 0 Å². The molecule has 4 rings (SSSR count). The summed E-state index contributed by atoms with van der Waals surface area (Å²) >= 11 is 0. The zero-order valence-corrected chi connectivity index (χ0v) is 21.0. The van der Waals surface area contributed by atoms with Crippen LogP contribution in [0.4, 0.5) is 0 Å². The molecule has 4 nitrogen and oxygen atoms in total. The second kappa shape index (κ2) is 12.2. The van der Waals surface area contributed by atoms with Gasteiger partial charge in [-0.2, -0.15) is 0 Å². The molecular weight excluding hydrogens is 444 g/mol. The molecule has 0 fully saturated rings. The summed E-state index contributed by atoms with van der Waals surface area (Å²) in [6, 6.07) is 39.3. The fourth-order valence-corrected chi connectivity index (χ4v) is 4.75. The summed E-state index contributed by atoms with van der Waals surface area (Å²) in [5, 5.41) is 7.02. The molecule has 1 atom stereocenters. The second-order valence-electron chi connectivity index (χ2n) is 9.01. The predicted molar refractivity (Wildman–Crippen MR) is 146 cm³/mol. The average molecular weight is 479 g/mol. The minimum absolute atomic E-state index is 0.000768. The molecule has 36 heavy (non-hydrogen) atoms. The van der Waals surface area contributed by atoms with Crippen LogP contribution in [-0.4, -0.2) is 25.6 Å². The first-order chi connectivity index (χ1) is 17.6. The Morgan fingerprint density at radius 3 is 1.72 bits per heavy atom. The van der Waals surface area contributed by atoms with Crippen molar-refractivity contribution in [3.05, 3.63) is 138 Å². The Morgan fingerprint density at radius 2 is 1.22 bits per heavy atom. The Bertz CT molecular complexity index is 1130. The van der Waals surface area contributed by atoms with Crippen molar-refractivity contribution in [2.24, 2.45) is 0 Å². The van der Waals surface area contributed by atoms with Crippen LogP contribution in [0.1, 0.15) is 35.6 Å². The molecule has 0 aliphatic carbocycles. The highest BCUT2D eigenvalue weighted by Crippen LogP contribution is 2.37. The minimum Gasteiger partial charge on any atom is -0.496 e. The smallest absolute Gasteiger partial charge is 0.220 e. The number of methoxy groups -OCH3 is 1. The Balaban J connectivity index is 1.53. The van der Waals surface area contributed by atoms with Crippen molar-refractivity contribution < 1.29 is 9.53 Å². The predicted octanol–water partition coefficient (Wildman–Crippen LogP) is 5.71. The molecule has 0 heterocycles. The van der Waals surface area contributed by atoms with Crippen LogP contribution in [0.25, 0.3) is 0 Å². The van der Waals surface area contributed by atoms with Crippen molar-refractivity contribution in [3.8, 4) is 5.75 Å². The third-order valence-corrected chi connectivity index (χ3v) is 6.50. The quantitative estimate of drug-likeness (QED) is 0.271. The Hall–Kier alpha value is -3.89. The van der Waals surface area contributed by atoms with E-state index in [1.165, 1.54) is 0 Å². The lowest BCUT2D eigenvalue weighted by Crippen LogP contribution is -2.52. The lowest BCUT2D eigenvalue weighted by molar-refractivity contribution is -0.121. The number of carbonyl (C=O) groups is 1. The van der Waals surface area contributed by atoms with Gasteiger partial charge in [-0.05, 0) is 41.7 Å². The lowest BCUT2D eigenvalue weighted by atomic mass is 9.76. The number of carbonyl (C=O) groups excluding carboxylic acids is 1. The molecule has 0 saturated heterocycles. The molecular formula is C32H34N2O2. The zero-order valence-electron chi connectivity index (χ0n) is 21.0. The molecule has 0 bridgehead atoms. The van der Waals surface area contributed by atoms with Crippen LogP contribution < -0.4 is 15.4 Å². The molecule has 0 spiro atoms. The fraction of sp³-hybridized carbons (Fsp3) is 0.219. The van der Waals surface area contributed by atoms with Gasteiger partial charge in [0.15, 0.2) is 0 Å². The van der Waals surface area contributed by atoms with E-state index in [0.717, 1.165) is 28.0 Å². The number of amides is 1. The summed E-state index contributed by atoms with van der Waals surface area (Å²) in [6.45, 7) is 2.63. The van der Waals surface area contributed by atoms with Gasteiger partial charge in [0.05, 0.1) is 12.6 Å². The summed E-state index contributed by atoms with van der Waals surface area (Å²) in [5.74, 6) is 0.845. The number of rotatable bonds is 11. The number of hydrogen-bond donors (Lipinski definition) is 2. The third-order valence-electron chi connectivity index (χ3n) is 6.50. The molecule has 1 unspecified atom stereocenters. The van der Waals surface area contributed by atoms with E-state index < -0.39 is 5.54 Å². The van der Waals surface area contributed by atoms with Gasteiger partial charge in [0.2, 0.25) is 5.91 Å². The van der Waals surface area contributed by atoms with Crippen molar-refractivity contribution in [1.29, 1.82) is 0 Å². The van der Waals surface area contributed by atoms with Crippen LogP contribution in [0.15, 0.2) is 115 Å². The van der Waals surface area contributed by atoms with E-state index in [0.29, 0.717) is 19.4 Å². The van der Waals surface area contributed by atoms with Crippen molar-refractivity contribution in [1.82, 2.24) is 10.6 Å². The van der Waals surface area contributed by atoms with E-state index in [-0.39, 0.29) is 11.9 Å². The van der Waals surface area contributed by atoms with E-state index in [4.69, 9.17) is 4.74 Å². The number of benzene rings is 4. The largest absolute Gasteiger partial charge is 0.496 e. The first kappa shape index (κ1) is 25.2. The summed E-state index contributed by atoms with van der Waals surface area (Å²) in [7, 11) is 1.66. The Kier molecular flexibility index (Phi) is 8.53. The number of ether oxygens (including phenoxy) is 1. The van der Waals surface area contributed by atoms with E-state index in [9.17, 15) is 4.79 Å². The molecule has 1 amide bonds. The van der Waals surface area contributed by atoms with Crippen LogP contribution in [0.3, 0.4) is 0 Å². The monoisotopic (exact) mass is 478 g/mol. The highest BCUT2D eigenvalue weighted by Gasteiger charge is 2.37. The van der Waals surface area contributed by atoms with Gasteiger partial charge in [0, 0.05) is 19.0 Å². The zero-order chi connectivity index (χ0) is 25.2. The maximum absolute atomic E-state index is 12.7. The topological polar surface area (TPSA) is 50.4 Å². The van der Waals surface area contributed by atoms with Crippen LogP contribution in [0.5, 0.6) is 5.75 Å². The molecule has 2 N–H and O–H groups in total. The van der Waals surface area contributed by atoms with Crippen LogP contribution in [0.2, 0.25) is 0 Å². The molecule has 0 aromatic heterocycles. The molecule has 0 radical (unpaired) electrons. The first-order valence-corrected chi connectivity index (χ1v) is 12.5. The number of nitrogens with one attached hydrogen (secondary N) is 2. The summed E-state index contributed by atoms with van der Waals surface area (Å²) in [4.78, 5) is 12.7. The third kappa shape index (κ3) is 5.84. The van der Waals surface area contributed by atoms with Gasteiger partial charge in [-0.15, -0.1) is 0 Å². The summed E-state index contributed by atoms with van der Waals surface area (Å²) in [6.07, 6.45) is 1.05. The standard InChI is InChI=1S/C32H34N2O2/c1-25(24-33-31(35)23-22-26-14-12-13-21-30(26)36-2)34-32(27-15-6-3-7-16-27,28-17-8-4-9-18-28)29-19-10-5-11-20-29/h3-21,25,34H,22-24H2,1-2H3,(H,33,35). The maximum Gasteiger partial charge on any atom is 0.220 e. The van der Waals surface area contributed by atoms with E-state index in [2.05, 4.69) is 90.4 Å². The van der Waals surface area contributed by atoms with Gasteiger partial charge < -0.3 is 10.1 Å². The SMILES string of the molecule is COc1ccccc1CCC(=O)NCC(C)NC(c1ccccc1)(c1ccccc1)c1ccccc1. The molecule has 4 heteroatoms. The number of para-hydroxylation sites is 1. The number of hydrogen-bond acceptors (Lipinski definition) is 3. The van der Waals surface area contributed by atoms with Gasteiger partial charge in [-0.3, -0.25) is 10.1 Å². The highest BCUT2D eigenvalue weighted by atomic mass is 16.5. The molecule has 0 aliphatic heterocycles. The average Bonchev–Trinajstić information content (AvgIpc) is 2.95. The highest BCUT2D eigenvalue weighted by molar-refractivity contribution is 5.76. The van der Waals surface area contributed by atoms with E-state index in [1.54, 1.807) is 7.11 Å². The molecule has 4 aromatic carbocycles. The van der Waals surface area contributed by atoms with E-state index in [1.807, 2.05) is 42.5 Å². The number of aryl methyl sites for hydroxylation is 1. The normalized spacial score (nSPS) is 12.1. The Labute approximate surface area is 214 Å². The van der Waals surface area contributed by atoms with Crippen molar-refractivity contribution in [3.63, 3.8) is 0 Å². The minimum atomic E-state index is -0.564. The fourth-order valence-electron chi connectivity index (χ4n) is 4.75.